The highest BCUT2D eigenvalue weighted by molar-refractivity contribution is 6.64. The van der Waals surface area contributed by atoms with Crippen molar-refractivity contribution in [3.05, 3.63) is 0 Å². The van der Waals surface area contributed by atoms with Gasteiger partial charge in [0.1, 0.15) is 6.04 Å². The summed E-state index contributed by atoms with van der Waals surface area (Å²) in [4.78, 5) is 9.86. The Bertz CT molecular complexity index is 75.3. The van der Waals surface area contributed by atoms with Crippen molar-refractivity contribution in [2.75, 3.05) is 6.61 Å². The van der Waals surface area contributed by atoms with Gasteiger partial charge >= 0.3 is 0 Å². The number of nitrogens with two attached hydrogens (primary N) is 1. The van der Waals surface area contributed by atoms with Crippen molar-refractivity contribution in [3.8, 4) is 0 Å². The van der Waals surface area contributed by atoms with Gasteiger partial charge in [0.2, 0.25) is 5.24 Å². The Morgan fingerprint density at radius 1 is 2.00 bits per heavy atom. The van der Waals surface area contributed by atoms with Gasteiger partial charge in [0.15, 0.2) is 0 Å². The number of hydrogen-bond acceptors (Lipinski definition) is 3. The fraction of sp³-hybridized carbons (Fsp3) is 0.667. The molecule has 0 radical (unpaired) electrons. The summed E-state index contributed by atoms with van der Waals surface area (Å²) >= 11 is 4.80. The van der Waals surface area contributed by atoms with Gasteiger partial charge in [0.05, 0.1) is 6.61 Å². The Morgan fingerprint density at radius 3 is 2.43 bits per heavy atom. The van der Waals surface area contributed by atoms with Crippen molar-refractivity contribution in [2.24, 2.45) is 5.73 Å². The normalized spacial score (nSPS) is 13.6. The number of halogens is 1. The second-order valence-electron chi connectivity index (χ2n) is 1.09. The van der Waals surface area contributed by atoms with Gasteiger partial charge in [0, 0.05) is 0 Å². The molecule has 0 amide bonds. The van der Waals surface area contributed by atoms with E-state index in [1.54, 1.807) is 0 Å². The molecule has 0 bridgehead atoms. The van der Waals surface area contributed by atoms with E-state index in [4.69, 9.17) is 22.4 Å². The molecule has 0 rings (SSSR count). The number of aliphatic hydroxyl groups is 1. The maximum atomic E-state index is 9.86. The largest absolute Gasteiger partial charge is 0.394 e. The van der Waals surface area contributed by atoms with Gasteiger partial charge in [-0.25, -0.2) is 0 Å². The Morgan fingerprint density at radius 2 is 2.43 bits per heavy atom. The quantitative estimate of drug-likeness (QED) is 0.467. The van der Waals surface area contributed by atoms with E-state index in [0.29, 0.717) is 0 Å². The van der Waals surface area contributed by atoms with Crippen LogP contribution in [0.3, 0.4) is 0 Å². The zero-order valence-electron chi connectivity index (χ0n) is 3.60. The van der Waals surface area contributed by atoms with E-state index in [0.717, 1.165) is 0 Å². The molecule has 3 nitrogen and oxygen atoms in total. The molecule has 1 atom stereocenters. The van der Waals surface area contributed by atoms with Gasteiger partial charge in [-0.2, -0.15) is 0 Å². The Labute approximate surface area is 46.1 Å². The second-order valence-corrected chi connectivity index (χ2v) is 1.47. The molecule has 42 valence electrons. The van der Waals surface area contributed by atoms with Crippen LogP contribution in [0.25, 0.3) is 0 Å². The van der Waals surface area contributed by atoms with Crippen molar-refractivity contribution >= 4 is 16.8 Å². The fourth-order valence-corrected chi connectivity index (χ4v) is 0.141. The van der Waals surface area contributed by atoms with Crippen LogP contribution in [-0.2, 0) is 4.79 Å². The first-order valence-electron chi connectivity index (χ1n) is 1.74. The number of carbonyl (C=O) groups excluding carboxylic acids is 1. The average molecular weight is 124 g/mol. The minimum absolute atomic E-state index is 0.387. The first-order valence-corrected chi connectivity index (χ1v) is 2.12. The lowest BCUT2D eigenvalue weighted by atomic mass is 10.4. The van der Waals surface area contributed by atoms with Gasteiger partial charge in [0.25, 0.3) is 0 Å². The van der Waals surface area contributed by atoms with Crippen molar-refractivity contribution in [1.29, 1.82) is 0 Å². The molecule has 0 aliphatic heterocycles. The number of carbonyl (C=O) groups is 1. The van der Waals surface area contributed by atoms with Crippen LogP contribution in [0.2, 0.25) is 0 Å². The van der Waals surface area contributed by atoms with Gasteiger partial charge in [-0.3, -0.25) is 4.79 Å². The summed E-state index contributed by atoms with van der Waals surface area (Å²) in [6.45, 7) is -0.387. The lowest BCUT2D eigenvalue weighted by Gasteiger charge is -1.96. The molecule has 0 aliphatic carbocycles. The molecule has 0 spiro atoms. The zero-order chi connectivity index (χ0) is 5.86. The van der Waals surface area contributed by atoms with Crippen LogP contribution in [0, 0.1) is 0 Å². The number of hydrogen-bond donors (Lipinski definition) is 2. The van der Waals surface area contributed by atoms with Crippen molar-refractivity contribution in [3.63, 3.8) is 0 Å². The van der Waals surface area contributed by atoms with E-state index >= 15 is 0 Å². The lowest BCUT2D eigenvalue weighted by Crippen LogP contribution is -2.30. The smallest absolute Gasteiger partial charge is 0.240 e. The van der Waals surface area contributed by atoms with Crippen molar-refractivity contribution < 1.29 is 9.90 Å². The lowest BCUT2D eigenvalue weighted by molar-refractivity contribution is -0.113. The van der Waals surface area contributed by atoms with Gasteiger partial charge in [-0.1, -0.05) is 0 Å². The van der Waals surface area contributed by atoms with Crippen LogP contribution in [-0.4, -0.2) is 23.0 Å². The molecule has 0 saturated carbocycles. The summed E-state index contributed by atoms with van der Waals surface area (Å²) < 4.78 is 0. The molecule has 0 aliphatic rings. The predicted molar refractivity (Wildman–Crippen MR) is 25.9 cm³/mol. The molecule has 0 saturated heterocycles. The number of aliphatic hydroxyl groups excluding tert-OH is 1. The van der Waals surface area contributed by atoms with Crippen LogP contribution in [0.4, 0.5) is 0 Å². The molecule has 0 unspecified atom stereocenters. The summed E-state index contributed by atoms with van der Waals surface area (Å²) in [7, 11) is 0. The highest BCUT2D eigenvalue weighted by Crippen LogP contribution is 1.83. The first kappa shape index (κ1) is 6.88. The SMILES string of the molecule is N[C@H](CO)C(=O)Cl. The van der Waals surface area contributed by atoms with E-state index in [2.05, 4.69) is 0 Å². The molecule has 0 aromatic rings. The predicted octanol–water partition coefficient (Wildman–Crippen LogP) is -0.929. The maximum Gasteiger partial charge on any atom is 0.240 e. The minimum atomic E-state index is -0.915. The molecule has 4 heteroatoms. The summed E-state index contributed by atoms with van der Waals surface area (Å²) in [6, 6.07) is -0.915. The summed E-state index contributed by atoms with van der Waals surface area (Å²) in [5, 5.41) is 7.37. The maximum absolute atomic E-state index is 9.86. The minimum Gasteiger partial charge on any atom is -0.394 e. The molecule has 0 aromatic carbocycles. The van der Waals surface area contributed by atoms with Crippen LogP contribution in [0.1, 0.15) is 0 Å². The van der Waals surface area contributed by atoms with E-state index in [9.17, 15) is 4.79 Å². The third kappa shape index (κ3) is 2.56. The average Bonchev–Trinajstić information content (AvgIpc) is 1.65. The molecule has 3 N–H and O–H groups in total. The van der Waals surface area contributed by atoms with Crippen molar-refractivity contribution in [1.82, 2.24) is 0 Å². The van der Waals surface area contributed by atoms with Crippen LogP contribution >= 0.6 is 11.6 Å². The summed E-state index contributed by atoms with van der Waals surface area (Å²) in [5.74, 6) is 0. The molecular weight excluding hydrogens is 117 g/mol. The van der Waals surface area contributed by atoms with E-state index in [1.165, 1.54) is 0 Å². The molecule has 7 heavy (non-hydrogen) atoms. The third-order valence-corrected chi connectivity index (χ3v) is 0.769. The summed E-state index contributed by atoms with van der Waals surface area (Å²) in [5.41, 5.74) is 4.88. The van der Waals surface area contributed by atoms with Crippen LogP contribution in [0.5, 0.6) is 0 Å². The van der Waals surface area contributed by atoms with Gasteiger partial charge < -0.3 is 10.8 Å². The highest BCUT2D eigenvalue weighted by atomic mass is 35.5. The topological polar surface area (TPSA) is 63.3 Å². The molecule has 0 fully saturated rings. The molecule has 0 aromatic heterocycles. The molecular formula is C3H6ClNO2. The number of rotatable bonds is 2. The molecule has 0 heterocycles. The highest BCUT2D eigenvalue weighted by Gasteiger charge is 2.05. The zero-order valence-corrected chi connectivity index (χ0v) is 4.35. The van der Waals surface area contributed by atoms with Gasteiger partial charge in [-0.05, 0) is 11.6 Å². The van der Waals surface area contributed by atoms with Crippen molar-refractivity contribution in [2.45, 2.75) is 6.04 Å². The fourth-order valence-electron chi connectivity index (χ4n) is 0.0718. The monoisotopic (exact) mass is 123 g/mol. The van der Waals surface area contributed by atoms with Gasteiger partial charge in [-0.15, -0.1) is 0 Å². The summed E-state index contributed by atoms with van der Waals surface area (Å²) in [6.07, 6.45) is 0. The van der Waals surface area contributed by atoms with E-state index in [-0.39, 0.29) is 6.61 Å². The second kappa shape index (κ2) is 2.96. The Balaban J connectivity index is 3.34. The van der Waals surface area contributed by atoms with E-state index in [1.807, 2.05) is 0 Å². The van der Waals surface area contributed by atoms with Crippen LogP contribution < -0.4 is 5.73 Å². The van der Waals surface area contributed by atoms with E-state index < -0.39 is 11.3 Å². The van der Waals surface area contributed by atoms with Crippen LogP contribution in [0.15, 0.2) is 0 Å². The Kier molecular flexibility index (Phi) is 2.91. The third-order valence-electron chi connectivity index (χ3n) is 0.488. The Hall–Kier alpha value is -0.120. The first-order chi connectivity index (χ1) is 3.18. The standard InChI is InChI=1S/C3H6ClNO2/c4-3(7)2(5)1-6/h2,6H,1,5H2/t2-/m1/s1.